The number of hydrogen-bond acceptors (Lipinski definition) is 5. The summed E-state index contributed by atoms with van der Waals surface area (Å²) in [5.74, 6) is 0.558. The molecule has 0 aliphatic carbocycles. The number of aryl methyl sites for hydroxylation is 2. The van der Waals surface area contributed by atoms with Gasteiger partial charge in [-0.2, -0.15) is 0 Å². The van der Waals surface area contributed by atoms with Crippen molar-refractivity contribution in [1.82, 2.24) is 23.6 Å². The normalized spacial score (nSPS) is 15.4. The van der Waals surface area contributed by atoms with Crippen molar-refractivity contribution in [2.24, 2.45) is 14.1 Å². The van der Waals surface area contributed by atoms with Gasteiger partial charge in [0, 0.05) is 52.5 Å². The van der Waals surface area contributed by atoms with Gasteiger partial charge in [-0.15, -0.1) is 0 Å². The third-order valence-corrected chi connectivity index (χ3v) is 5.67. The van der Waals surface area contributed by atoms with Crippen LogP contribution in [0.2, 0.25) is 0 Å². The lowest BCUT2D eigenvalue weighted by Gasteiger charge is -2.35. The van der Waals surface area contributed by atoms with Gasteiger partial charge in [0.05, 0.1) is 6.54 Å². The zero-order valence-electron chi connectivity index (χ0n) is 16.9. The van der Waals surface area contributed by atoms with Crippen LogP contribution in [-0.4, -0.2) is 49.8 Å². The van der Waals surface area contributed by atoms with E-state index in [4.69, 9.17) is 0 Å². The first-order valence-electron chi connectivity index (χ1n) is 9.78. The molecule has 1 aromatic carbocycles. The zero-order chi connectivity index (χ0) is 20.7. The van der Waals surface area contributed by atoms with Crippen LogP contribution in [-0.2, 0) is 27.2 Å². The highest BCUT2D eigenvalue weighted by atomic mass is 19.1. The van der Waals surface area contributed by atoms with Gasteiger partial charge in [-0.05, 0) is 31.2 Å². The van der Waals surface area contributed by atoms with E-state index in [9.17, 15) is 14.0 Å². The van der Waals surface area contributed by atoms with E-state index in [0.717, 1.165) is 42.3 Å². The Hall–Kier alpha value is -2.94. The van der Waals surface area contributed by atoms with Gasteiger partial charge in [-0.3, -0.25) is 18.8 Å². The Labute approximate surface area is 167 Å². The average Bonchev–Trinajstić information content (AvgIpc) is 3.10. The number of piperazine rings is 1. The molecule has 1 fully saturated rings. The van der Waals surface area contributed by atoms with Crippen LogP contribution in [0.1, 0.15) is 12.7 Å². The van der Waals surface area contributed by atoms with Gasteiger partial charge in [0.15, 0.2) is 11.2 Å². The average molecular weight is 400 g/mol. The van der Waals surface area contributed by atoms with E-state index in [1.807, 2.05) is 11.5 Å². The molecule has 154 valence electrons. The van der Waals surface area contributed by atoms with Crippen molar-refractivity contribution in [2.45, 2.75) is 20.0 Å². The maximum Gasteiger partial charge on any atom is 0.332 e. The van der Waals surface area contributed by atoms with Gasteiger partial charge in [0.1, 0.15) is 11.6 Å². The third-order valence-electron chi connectivity index (χ3n) is 5.67. The molecule has 1 saturated heterocycles. The fourth-order valence-electron chi connectivity index (χ4n) is 3.97. The topological polar surface area (TPSA) is 68.3 Å². The number of rotatable bonds is 4. The van der Waals surface area contributed by atoms with E-state index in [1.165, 1.54) is 23.7 Å². The fraction of sp³-hybridized carbons (Fsp3) is 0.450. The van der Waals surface area contributed by atoms with Gasteiger partial charge in [0.25, 0.3) is 5.56 Å². The minimum absolute atomic E-state index is 0.230. The van der Waals surface area contributed by atoms with Crippen LogP contribution in [0.15, 0.2) is 33.9 Å². The highest BCUT2D eigenvalue weighted by molar-refractivity contribution is 5.71. The van der Waals surface area contributed by atoms with Gasteiger partial charge >= 0.3 is 5.69 Å². The van der Waals surface area contributed by atoms with Crippen molar-refractivity contribution in [3.8, 4) is 0 Å². The SMILES string of the molecule is CCn1c(CN2CCN(c3ccc(F)cc3)CC2)nc2c1c(=O)n(C)c(=O)n2C. The Morgan fingerprint density at radius 2 is 1.66 bits per heavy atom. The lowest BCUT2D eigenvalue weighted by Crippen LogP contribution is -2.46. The van der Waals surface area contributed by atoms with Crippen LogP contribution < -0.4 is 16.1 Å². The van der Waals surface area contributed by atoms with Gasteiger partial charge < -0.3 is 9.47 Å². The second-order valence-electron chi connectivity index (χ2n) is 7.39. The number of fused-ring (bicyclic) bond motifs is 1. The molecule has 2 aromatic heterocycles. The number of benzene rings is 1. The quantitative estimate of drug-likeness (QED) is 0.651. The summed E-state index contributed by atoms with van der Waals surface area (Å²) < 4.78 is 17.6. The third kappa shape index (κ3) is 3.35. The van der Waals surface area contributed by atoms with E-state index in [2.05, 4.69) is 14.8 Å². The molecule has 0 spiro atoms. The maximum absolute atomic E-state index is 13.1. The standard InChI is InChI=1S/C20H25FN6O2/c1-4-27-16(22-18-17(27)19(28)24(3)20(29)23(18)2)13-25-9-11-26(12-10-25)15-7-5-14(21)6-8-15/h5-8H,4,9-13H2,1-3H3. The van der Waals surface area contributed by atoms with Crippen molar-refractivity contribution in [2.75, 3.05) is 31.1 Å². The predicted octanol–water partition coefficient (Wildman–Crippen LogP) is 0.915. The summed E-state index contributed by atoms with van der Waals surface area (Å²) in [6, 6.07) is 6.57. The van der Waals surface area contributed by atoms with Crippen molar-refractivity contribution >= 4 is 16.9 Å². The first-order valence-corrected chi connectivity index (χ1v) is 9.78. The van der Waals surface area contributed by atoms with Gasteiger partial charge in [0.2, 0.25) is 0 Å². The predicted molar refractivity (Wildman–Crippen MR) is 110 cm³/mol. The van der Waals surface area contributed by atoms with Crippen LogP contribution in [0.4, 0.5) is 10.1 Å². The van der Waals surface area contributed by atoms with Crippen molar-refractivity contribution in [1.29, 1.82) is 0 Å². The summed E-state index contributed by atoms with van der Waals surface area (Å²) in [5.41, 5.74) is 1.23. The Bertz CT molecular complexity index is 1150. The molecular weight excluding hydrogens is 375 g/mol. The molecule has 3 heterocycles. The Morgan fingerprint density at radius 3 is 2.28 bits per heavy atom. The molecule has 9 heteroatoms. The van der Waals surface area contributed by atoms with Gasteiger partial charge in [-0.25, -0.2) is 14.2 Å². The lowest BCUT2D eigenvalue weighted by molar-refractivity contribution is 0.241. The second kappa shape index (κ2) is 7.47. The van der Waals surface area contributed by atoms with Crippen LogP contribution in [0.5, 0.6) is 0 Å². The highest BCUT2D eigenvalue weighted by Crippen LogP contribution is 2.19. The highest BCUT2D eigenvalue weighted by Gasteiger charge is 2.22. The molecule has 3 aromatic rings. The van der Waals surface area contributed by atoms with E-state index in [-0.39, 0.29) is 17.1 Å². The minimum atomic E-state index is -0.372. The van der Waals surface area contributed by atoms with Crippen molar-refractivity contribution < 1.29 is 4.39 Å². The maximum atomic E-state index is 13.1. The van der Waals surface area contributed by atoms with E-state index in [0.29, 0.717) is 24.3 Å². The monoisotopic (exact) mass is 400 g/mol. The van der Waals surface area contributed by atoms with Crippen LogP contribution in [0.25, 0.3) is 11.2 Å². The smallest absolute Gasteiger partial charge is 0.332 e. The second-order valence-corrected chi connectivity index (χ2v) is 7.39. The van der Waals surface area contributed by atoms with Crippen LogP contribution in [0.3, 0.4) is 0 Å². The molecule has 1 aliphatic heterocycles. The van der Waals surface area contributed by atoms with Crippen LogP contribution >= 0.6 is 0 Å². The lowest BCUT2D eigenvalue weighted by atomic mass is 10.2. The zero-order valence-corrected chi connectivity index (χ0v) is 16.9. The first kappa shape index (κ1) is 19.4. The molecule has 0 amide bonds. The Kier molecular flexibility index (Phi) is 4.99. The van der Waals surface area contributed by atoms with E-state index < -0.39 is 0 Å². The number of aromatic nitrogens is 4. The molecule has 0 radical (unpaired) electrons. The molecule has 0 bridgehead atoms. The van der Waals surface area contributed by atoms with E-state index >= 15 is 0 Å². The molecular formula is C20H25FN6O2. The summed E-state index contributed by atoms with van der Waals surface area (Å²) >= 11 is 0. The Morgan fingerprint density at radius 1 is 1.00 bits per heavy atom. The first-order chi connectivity index (χ1) is 13.9. The van der Waals surface area contributed by atoms with Crippen molar-refractivity contribution in [3.63, 3.8) is 0 Å². The number of halogens is 1. The summed E-state index contributed by atoms with van der Waals surface area (Å²) in [6.45, 7) is 6.52. The molecule has 8 nitrogen and oxygen atoms in total. The number of hydrogen-bond donors (Lipinski definition) is 0. The summed E-state index contributed by atoms with van der Waals surface area (Å²) in [7, 11) is 3.13. The largest absolute Gasteiger partial charge is 0.369 e. The number of nitrogens with zero attached hydrogens (tertiary/aromatic N) is 6. The van der Waals surface area contributed by atoms with E-state index in [1.54, 1.807) is 19.2 Å². The molecule has 0 saturated carbocycles. The number of imidazole rings is 1. The Balaban J connectivity index is 1.57. The van der Waals surface area contributed by atoms with Crippen LogP contribution in [0, 0.1) is 5.82 Å². The molecule has 0 atom stereocenters. The molecule has 29 heavy (non-hydrogen) atoms. The summed E-state index contributed by atoms with van der Waals surface area (Å²) in [5, 5.41) is 0. The minimum Gasteiger partial charge on any atom is -0.369 e. The molecule has 0 unspecified atom stereocenters. The summed E-state index contributed by atoms with van der Waals surface area (Å²) in [4.78, 5) is 34.0. The van der Waals surface area contributed by atoms with Crippen molar-refractivity contribution in [3.05, 3.63) is 56.7 Å². The molecule has 1 aliphatic rings. The number of anilines is 1. The molecule has 4 rings (SSSR count). The van der Waals surface area contributed by atoms with Gasteiger partial charge in [-0.1, -0.05) is 0 Å². The molecule has 0 N–H and O–H groups in total. The summed E-state index contributed by atoms with van der Waals surface area (Å²) in [6.07, 6.45) is 0. The fourth-order valence-corrected chi connectivity index (χ4v) is 3.97.